The average Bonchev–Trinajstić information content (AvgIpc) is 1.96. The number of rotatable bonds is 4. The molecule has 0 saturated heterocycles. The summed E-state index contributed by atoms with van der Waals surface area (Å²) >= 11 is 0. The van der Waals surface area contributed by atoms with E-state index in [1.807, 2.05) is 0 Å². The van der Waals surface area contributed by atoms with Crippen LogP contribution in [0.2, 0.25) is 0 Å². The number of hydrogen-bond acceptors (Lipinski definition) is 2. The van der Waals surface area contributed by atoms with Gasteiger partial charge in [0.15, 0.2) is 0 Å². The molecule has 0 aliphatic rings. The van der Waals surface area contributed by atoms with E-state index in [0.29, 0.717) is 6.54 Å². The zero-order valence-electron chi connectivity index (χ0n) is 8.09. The fourth-order valence-electron chi connectivity index (χ4n) is 1.06. The van der Waals surface area contributed by atoms with E-state index in [9.17, 15) is 9.59 Å². The van der Waals surface area contributed by atoms with Gasteiger partial charge in [0.2, 0.25) is 11.8 Å². The molecular formula is C10H21NO2. The zero-order valence-corrected chi connectivity index (χ0v) is 8.09. The molecule has 0 unspecified atom stereocenters. The van der Waals surface area contributed by atoms with Gasteiger partial charge < -0.3 is 0 Å². The molecule has 0 aliphatic heterocycles. The Labute approximate surface area is 81.1 Å². The van der Waals surface area contributed by atoms with E-state index in [0.717, 1.165) is 19.3 Å². The van der Waals surface area contributed by atoms with Gasteiger partial charge >= 0.3 is 0 Å². The minimum atomic E-state index is -0.154. The second-order valence-corrected chi connectivity index (χ2v) is 2.90. The van der Waals surface area contributed by atoms with Crippen molar-refractivity contribution in [3.05, 3.63) is 0 Å². The highest BCUT2D eigenvalue weighted by Crippen LogP contribution is 1.99. The predicted octanol–water partition coefficient (Wildman–Crippen LogP) is 2.21. The smallest absolute Gasteiger partial charge is 0.226 e. The van der Waals surface area contributed by atoms with Gasteiger partial charge in [0.25, 0.3) is 0 Å². The monoisotopic (exact) mass is 187 g/mol. The first kappa shape index (κ1) is 14.7. The molecule has 0 N–H and O–H groups in total. The summed E-state index contributed by atoms with van der Waals surface area (Å²) in [5.41, 5.74) is 0. The lowest BCUT2D eigenvalue weighted by Crippen LogP contribution is -2.33. The highest BCUT2D eigenvalue weighted by molar-refractivity contribution is 5.92. The molecule has 78 valence electrons. The largest absolute Gasteiger partial charge is 0.283 e. The maximum absolute atomic E-state index is 10.9. The Bertz CT molecular complexity index is 152. The maximum atomic E-state index is 10.9. The van der Waals surface area contributed by atoms with Crippen LogP contribution in [0, 0.1) is 0 Å². The fraction of sp³-hybridized carbons (Fsp3) is 0.800. The zero-order chi connectivity index (χ0) is 9.56. The van der Waals surface area contributed by atoms with Crippen molar-refractivity contribution in [3.8, 4) is 0 Å². The Balaban J connectivity index is 0. The van der Waals surface area contributed by atoms with Gasteiger partial charge in [-0.3, -0.25) is 14.5 Å². The molecule has 0 aliphatic carbocycles. The molecule has 0 bridgehead atoms. The molecule has 2 amide bonds. The van der Waals surface area contributed by atoms with E-state index in [-0.39, 0.29) is 19.2 Å². The molecule has 0 saturated carbocycles. The Morgan fingerprint density at radius 3 is 1.85 bits per heavy atom. The summed E-state index contributed by atoms with van der Waals surface area (Å²) in [4.78, 5) is 23.1. The van der Waals surface area contributed by atoms with E-state index < -0.39 is 0 Å². The Morgan fingerprint density at radius 1 is 1.08 bits per heavy atom. The van der Waals surface area contributed by atoms with Crippen LogP contribution in [-0.2, 0) is 9.59 Å². The quantitative estimate of drug-likeness (QED) is 0.633. The van der Waals surface area contributed by atoms with Crippen LogP contribution in [0.25, 0.3) is 0 Å². The molecule has 3 heteroatoms. The topological polar surface area (TPSA) is 37.4 Å². The van der Waals surface area contributed by atoms with Crippen molar-refractivity contribution >= 4 is 11.8 Å². The van der Waals surface area contributed by atoms with Crippen molar-refractivity contribution in [3.63, 3.8) is 0 Å². The molecule has 0 atom stereocenters. The third-order valence-corrected chi connectivity index (χ3v) is 1.75. The first-order valence-corrected chi connectivity index (χ1v) is 4.38. The molecule has 0 heterocycles. The van der Waals surface area contributed by atoms with Crippen LogP contribution in [0.15, 0.2) is 0 Å². The highest BCUT2D eigenvalue weighted by atomic mass is 16.2. The van der Waals surface area contributed by atoms with Gasteiger partial charge in [-0.05, 0) is 6.42 Å². The van der Waals surface area contributed by atoms with Gasteiger partial charge in [0.05, 0.1) is 0 Å². The molecule has 0 fully saturated rings. The summed E-state index contributed by atoms with van der Waals surface area (Å²) in [6.45, 7) is 5.51. The minimum Gasteiger partial charge on any atom is -0.283 e. The van der Waals surface area contributed by atoms with Gasteiger partial charge in [0, 0.05) is 20.4 Å². The molecule has 0 radical (unpaired) electrons. The highest BCUT2D eigenvalue weighted by Gasteiger charge is 2.11. The number of imide groups is 1. The SMILES string of the molecule is C.CCCCCN(C(C)=O)C(C)=O. The number of carbonyl (C=O) groups excluding carboxylic acids is 2. The lowest BCUT2D eigenvalue weighted by molar-refractivity contribution is -0.142. The lowest BCUT2D eigenvalue weighted by atomic mass is 10.2. The summed E-state index contributed by atoms with van der Waals surface area (Å²) in [5, 5.41) is 0. The van der Waals surface area contributed by atoms with E-state index in [1.54, 1.807) is 0 Å². The number of hydrogen-bond donors (Lipinski definition) is 0. The van der Waals surface area contributed by atoms with Gasteiger partial charge in [-0.25, -0.2) is 0 Å². The van der Waals surface area contributed by atoms with Gasteiger partial charge in [0.1, 0.15) is 0 Å². The number of unbranched alkanes of at least 4 members (excludes halogenated alkanes) is 2. The first-order valence-electron chi connectivity index (χ1n) is 4.38. The molecule has 0 aromatic rings. The predicted molar refractivity (Wildman–Crippen MR) is 54.3 cm³/mol. The van der Waals surface area contributed by atoms with Crippen LogP contribution in [0.3, 0.4) is 0 Å². The number of nitrogens with zero attached hydrogens (tertiary/aromatic N) is 1. The summed E-state index contributed by atoms with van der Waals surface area (Å²) in [5.74, 6) is -0.308. The molecule has 0 aromatic carbocycles. The van der Waals surface area contributed by atoms with Gasteiger partial charge in [-0.15, -0.1) is 0 Å². The normalized spacial score (nSPS) is 8.85. The van der Waals surface area contributed by atoms with Crippen molar-refractivity contribution in [2.75, 3.05) is 6.54 Å². The Morgan fingerprint density at radius 2 is 1.54 bits per heavy atom. The third kappa shape index (κ3) is 6.31. The second-order valence-electron chi connectivity index (χ2n) is 2.90. The van der Waals surface area contributed by atoms with Crippen LogP contribution in [0.1, 0.15) is 47.5 Å². The maximum Gasteiger partial charge on any atom is 0.226 e. The van der Waals surface area contributed by atoms with Crippen LogP contribution in [-0.4, -0.2) is 23.3 Å². The summed E-state index contributed by atoms with van der Waals surface area (Å²) in [7, 11) is 0. The molecule has 0 aromatic heterocycles. The van der Waals surface area contributed by atoms with E-state index >= 15 is 0 Å². The first-order chi connectivity index (χ1) is 5.59. The Hall–Kier alpha value is -0.860. The lowest BCUT2D eigenvalue weighted by Gasteiger charge is -2.16. The molecular weight excluding hydrogens is 166 g/mol. The summed E-state index contributed by atoms with van der Waals surface area (Å²) < 4.78 is 0. The van der Waals surface area contributed by atoms with Gasteiger partial charge in [-0.1, -0.05) is 27.2 Å². The Kier molecular flexibility index (Phi) is 8.76. The van der Waals surface area contributed by atoms with Crippen LogP contribution in [0.5, 0.6) is 0 Å². The average molecular weight is 187 g/mol. The van der Waals surface area contributed by atoms with Crippen molar-refractivity contribution in [2.24, 2.45) is 0 Å². The van der Waals surface area contributed by atoms with Crippen LogP contribution in [0.4, 0.5) is 0 Å². The van der Waals surface area contributed by atoms with E-state index in [4.69, 9.17) is 0 Å². The minimum absolute atomic E-state index is 0. The summed E-state index contributed by atoms with van der Waals surface area (Å²) in [6.07, 6.45) is 3.08. The third-order valence-electron chi connectivity index (χ3n) is 1.75. The molecule has 0 rings (SSSR count). The van der Waals surface area contributed by atoms with E-state index in [2.05, 4.69) is 6.92 Å². The summed E-state index contributed by atoms with van der Waals surface area (Å²) in [6, 6.07) is 0. The second kappa shape index (κ2) is 7.77. The van der Waals surface area contributed by atoms with Crippen molar-refractivity contribution in [1.29, 1.82) is 0 Å². The standard InChI is InChI=1S/C9H17NO2.CH4/c1-4-5-6-7-10(8(2)11)9(3)12;/h4-7H2,1-3H3;1H4. The number of carbonyl (C=O) groups is 2. The van der Waals surface area contributed by atoms with Crippen molar-refractivity contribution in [1.82, 2.24) is 4.90 Å². The fourth-order valence-corrected chi connectivity index (χ4v) is 1.06. The van der Waals surface area contributed by atoms with E-state index in [1.165, 1.54) is 18.7 Å². The molecule has 0 spiro atoms. The molecule has 3 nitrogen and oxygen atoms in total. The number of amides is 2. The molecule has 13 heavy (non-hydrogen) atoms. The van der Waals surface area contributed by atoms with Gasteiger partial charge in [-0.2, -0.15) is 0 Å². The van der Waals surface area contributed by atoms with Crippen LogP contribution >= 0.6 is 0 Å². The van der Waals surface area contributed by atoms with Crippen molar-refractivity contribution < 1.29 is 9.59 Å². The van der Waals surface area contributed by atoms with Crippen molar-refractivity contribution in [2.45, 2.75) is 47.5 Å². The van der Waals surface area contributed by atoms with Crippen LogP contribution < -0.4 is 0 Å².